The van der Waals surface area contributed by atoms with Gasteiger partial charge in [-0.15, -0.1) is 0 Å². The maximum atomic E-state index is 13.4. The van der Waals surface area contributed by atoms with Crippen LogP contribution in [0.5, 0.6) is 0 Å². The van der Waals surface area contributed by atoms with E-state index >= 15 is 0 Å². The highest BCUT2D eigenvalue weighted by molar-refractivity contribution is 6.23. The fraction of sp³-hybridized carbons (Fsp3) is 0.483. The van der Waals surface area contributed by atoms with E-state index < -0.39 is 0 Å². The van der Waals surface area contributed by atoms with Gasteiger partial charge in [-0.3, -0.25) is 19.3 Å². The molecule has 7 heteroatoms. The number of carbonyl (C=O) groups excluding carboxylic acids is 3. The molecule has 1 aliphatic carbocycles. The molecule has 0 radical (unpaired) electrons. The molecular weight excluding hydrogens is 457 g/mol. The fourth-order valence-electron chi connectivity index (χ4n) is 5.88. The number of nitrogens with one attached hydrogen (secondary N) is 1. The van der Waals surface area contributed by atoms with Crippen molar-refractivity contribution >= 4 is 23.4 Å². The van der Waals surface area contributed by atoms with Crippen LogP contribution in [0.15, 0.2) is 42.5 Å². The first-order valence-electron chi connectivity index (χ1n) is 13.3. The maximum absolute atomic E-state index is 13.4. The number of amides is 3. The molecule has 5 rings (SSSR count). The molecule has 3 aliphatic rings. The molecule has 1 saturated carbocycles. The SMILES string of the molecule is O=C(NCCc1ccc(F)cc1)C1CCN(c2cccc3c2C(=O)N(CC2CCCCC2)C3=O)CC1. The smallest absolute Gasteiger partial charge is 0.263 e. The summed E-state index contributed by atoms with van der Waals surface area (Å²) in [7, 11) is 0. The van der Waals surface area contributed by atoms with Crippen LogP contribution in [-0.4, -0.2) is 48.8 Å². The number of carbonyl (C=O) groups is 3. The average molecular weight is 492 g/mol. The van der Waals surface area contributed by atoms with Crippen molar-refractivity contribution in [1.29, 1.82) is 0 Å². The van der Waals surface area contributed by atoms with E-state index in [0.29, 0.717) is 62.5 Å². The molecule has 0 aromatic heterocycles. The predicted molar refractivity (Wildman–Crippen MR) is 136 cm³/mol. The minimum atomic E-state index is -0.262. The topological polar surface area (TPSA) is 69.7 Å². The predicted octanol–water partition coefficient (Wildman–Crippen LogP) is 4.58. The molecule has 3 amide bonds. The van der Waals surface area contributed by atoms with Crippen molar-refractivity contribution in [1.82, 2.24) is 10.2 Å². The van der Waals surface area contributed by atoms with Crippen LogP contribution in [0.1, 0.15) is 71.2 Å². The van der Waals surface area contributed by atoms with Gasteiger partial charge in [0.15, 0.2) is 0 Å². The molecule has 6 nitrogen and oxygen atoms in total. The first-order chi connectivity index (χ1) is 17.5. The third-order valence-corrected chi connectivity index (χ3v) is 7.98. The van der Waals surface area contributed by atoms with Gasteiger partial charge in [-0.1, -0.05) is 37.5 Å². The van der Waals surface area contributed by atoms with Gasteiger partial charge < -0.3 is 10.2 Å². The molecule has 2 fully saturated rings. The second kappa shape index (κ2) is 10.8. The lowest BCUT2D eigenvalue weighted by Gasteiger charge is -2.34. The Labute approximate surface area is 211 Å². The lowest BCUT2D eigenvalue weighted by Crippen LogP contribution is -2.41. The Bertz CT molecular complexity index is 1120. The Kier molecular flexibility index (Phi) is 7.35. The first-order valence-corrected chi connectivity index (χ1v) is 13.3. The maximum Gasteiger partial charge on any atom is 0.263 e. The molecule has 1 saturated heterocycles. The highest BCUT2D eigenvalue weighted by Gasteiger charge is 2.40. The van der Waals surface area contributed by atoms with Gasteiger partial charge in [0.05, 0.1) is 16.8 Å². The van der Waals surface area contributed by atoms with Crippen LogP contribution in [0.4, 0.5) is 10.1 Å². The Morgan fingerprint density at radius 3 is 2.36 bits per heavy atom. The molecule has 0 atom stereocenters. The van der Waals surface area contributed by atoms with Crippen LogP contribution >= 0.6 is 0 Å². The standard InChI is InChI=1S/C29H34FN3O3/c30-23-11-9-20(10-12-23)13-16-31-27(34)22-14-17-32(18-15-22)25-8-4-7-24-26(25)29(36)33(28(24)35)19-21-5-2-1-3-6-21/h4,7-12,21-22H,1-3,5-6,13-19H2,(H,31,34). The van der Waals surface area contributed by atoms with E-state index in [1.165, 1.54) is 36.3 Å². The van der Waals surface area contributed by atoms with Gasteiger partial charge in [-0.25, -0.2) is 4.39 Å². The highest BCUT2D eigenvalue weighted by atomic mass is 19.1. The summed E-state index contributed by atoms with van der Waals surface area (Å²) in [4.78, 5) is 42.8. The third kappa shape index (κ3) is 5.15. The van der Waals surface area contributed by atoms with Crippen LogP contribution in [0, 0.1) is 17.7 Å². The molecule has 0 spiro atoms. The second-order valence-electron chi connectivity index (χ2n) is 10.4. The molecule has 190 valence electrons. The van der Waals surface area contributed by atoms with E-state index in [1.54, 1.807) is 18.2 Å². The number of benzene rings is 2. The monoisotopic (exact) mass is 491 g/mol. The van der Waals surface area contributed by atoms with Crippen molar-refractivity contribution in [3.8, 4) is 0 Å². The van der Waals surface area contributed by atoms with Crippen molar-refractivity contribution in [3.63, 3.8) is 0 Å². The third-order valence-electron chi connectivity index (χ3n) is 7.98. The van der Waals surface area contributed by atoms with Crippen LogP contribution < -0.4 is 10.2 Å². The van der Waals surface area contributed by atoms with E-state index in [1.807, 2.05) is 12.1 Å². The Balaban J connectivity index is 1.17. The number of hydrogen-bond acceptors (Lipinski definition) is 4. The number of halogens is 1. The van der Waals surface area contributed by atoms with Crippen molar-refractivity contribution in [2.45, 2.75) is 51.4 Å². The quantitative estimate of drug-likeness (QED) is 0.576. The van der Waals surface area contributed by atoms with Crippen molar-refractivity contribution in [3.05, 3.63) is 65.0 Å². The molecule has 2 heterocycles. The van der Waals surface area contributed by atoms with Crippen LogP contribution in [-0.2, 0) is 11.2 Å². The van der Waals surface area contributed by atoms with Crippen molar-refractivity contribution < 1.29 is 18.8 Å². The summed E-state index contributed by atoms with van der Waals surface area (Å²) in [6.45, 7) is 2.36. The Hall–Kier alpha value is -3.22. The molecule has 0 unspecified atom stereocenters. The number of nitrogens with zero attached hydrogens (tertiary/aromatic N) is 2. The summed E-state index contributed by atoms with van der Waals surface area (Å²) in [6, 6.07) is 11.9. The summed E-state index contributed by atoms with van der Waals surface area (Å²) < 4.78 is 13.1. The zero-order valence-electron chi connectivity index (χ0n) is 20.7. The van der Waals surface area contributed by atoms with E-state index in [0.717, 1.165) is 24.1 Å². The van der Waals surface area contributed by atoms with Gasteiger partial charge in [0.25, 0.3) is 11.8 Å². The van der Waals surface area contributed by atoms with Gasteiger partial charge in [-0.05, 0) is 67.9 Å². The van der Waals surface area contributed by atoms with Gasteiger partial charge in [-0.2, -0.15) is 0 Å². The minimum Gasteiger partial charge on any atom is -0.371 e. The van der Waals surface area contributed by atoms with Crippen LogP contribution in [0.25, 0.3) is 0 Å². The normalized spacial score (nSPS) is 19.0. The van der Waals surface area contributed by atoms with E-state index in [2.05, 4.69) is 10.2 Å². The summed E-state index contributed by atoms with van der Waals surface area (Å²) >= 11 is 0. The summed E-state index contributed by atoms with van der Waals surface area (Å²) in [6.07, 6.45) is 7.81. The summed E-state index contributed by atoms with van der Waals surface area (Å²) in [5.41, 5.74) is 2.84. The average Bonchev–Trinajstić information content (AvgIpc) is 3.15. The molecule has 2 aromatic carbocycles. The molecule has 2 aliphatic heterocycles. The number of imide groups is 1. The summed E-state index contributed by atoms with van der Waals surface area (Å²) in [5, 5.41) is 3.01. The Morgan fingerprint density at radius 1 is 0.917 bits per heavy atom. The molecular formula is C29H34FN3O3. The van der Waals surface area contributed by atoms with Gasteiger partial charge in [0.2, 0.25) is 5.91 Å². The molecule has 2 aromatic rings. The van der Waals surface area contributed by atoms with Gasteiger partial charge in [0.1, 0.15) is 5.82 Å². The van der Waals surface area contributed by atoms with Crippen molar-refractivity contribution in [2.24, 2.45) is 11.8 Å². The minimum absolute atomic E-state index is 0.0416. The fourth-order valence-corrected chi connectivity index (χ4v) is 5.88. The lowest BCUT2D eigenvalue weighted by atomic mass is 9.89. The Morgan fingerprint density at radius 2 is 1.64 bits per heavy atom. The van der Waals surface area contributed by atoms with Crippen LogP contribution in [0.2, 0.25) is 0 Å². The van der Waals surface area contributed by atoms with Gasteiger partial charge in [0, 0.05) is 32.1 Å². The largest absolute Gasteiger partial charge is 0.371 e. The van der Waals surface area contributed by atoms with Crippen molar-refractivity contribution in [2.75, 3.05) is 31.1 Å². The molecule has 36 heavy (non-hydrogen) atoms. The lowest BCUT2D eigenvalue weighted by molar-refractivity contribution is -0.125. The summed E-state index contributed by atoms with van der Waals surface area (Å²) in [5.74, 6) is -0.232. The number of fused-ring (bicyclic) bond motifs is 1. The van der Waals surface area contributed by atoms with E-state index in [9.17, 15) is 18.8 Å². The van der Waals surface area contributed by atoms with E-state index in [4.69, 9.17) is 0 Å². The highest BCUT2D eigenvalue weighted by Crippen LogP contribution is 2.35. The zero-order chi connectivity index (χ0) is 25.1. The number of rotatable bonds is 7. The molecule has 1 N–H and O–H groups in total. The van der Waals surface area contributed by atoms with Crippen LogP contribution in [0.3, 0.4) is 0 Å². The molecule has 0 bridgehead atoms. The zero-order valence-corrected chi connectivity index (χ0v) is 20.7. The first kappa shape index (κ1) is 24.5. The van der Waals surface area contributed by atoms with E-state index in [-0.39, 0.29) is 29.5 Å². The van der Waals surface area contributed by atoms with Gasteiger partial charge >= 0.3 is 0 Å². The number of hydrogen-bond donors (Lipinski definition) is 1. The second-order valence-corrected chi connectivity index (χ2v) is 10.4. The number of anilines is 1. The number of piperidine rings is 1.